The summed E-state index contributed by atoms with van der Waals surface area (Å²) in [5.41, 5.74) is 0. The average molecular weight is 265 g/mol. The molecule has 0 aromatic carbocycles. The van der Waals surface area contributed by atoms with E-state index in [1.807, 2.05) is 0 Å². The SMILES string of the molecule is C=[Si]CC[C@@H]1C[C@H]1CCI. The Morgan fingerprint density at radius 3 is 2.70 bits per heavy atom. The first-order chi connectivity index (χ1) is 4.88. The van der Waals surface area contributed by atoms with Crippen LogP contribution in [0.4, 0.5) is 0 Å². The highest BCUT2D eigenvalue weighted by atomic mass is 127. The number of rotatable bonds is 5. The van der Waals surface area contributed by atoms with E-state index in [2.05, 4.69) is 28.8 Å². The highest BCUT2D eigenvalue weighted by Crippen LogP contribution is 2.44. The van der Waals surface area contributed by atoms with Crippen LogP contribution < -0.4 is 0 Å². The Morgan fingerprint density at radius 1 is 1.40 bits per heavy atom. The second-order valence-electron chi connectivity index (χ2n) is 3.02. The molecule has 0 aromatic heterocycles. The lowest BCUT2D eigenvalue weighted by Gasteiger charge is -1.93. The third-order valence-corrected chi connectivity index (χ3v) is 3.51. The second-order valence-corrected chi connectivity index (χ2v) is 5.10. The van der Waals surface area contributed by atoms with E-state index in [1.54, 1.807) is 0 Å². The molecular formula is C8H14ISi. The molecule has 0 spiro atoms. The molecule has 57 valence electrons. The second kappa shape index (κ2) is 4.65. The lowest BCUT2D eigenvalue weighted by Crippen LogP contribution is -1.85. The summed E-state index contributed by atoms with van der Waals surface area (Å²) in [4.78, 5) is 0. The van der Waals surface area contributed by atoms with Crippen LogP contribution in [0.15, 0.2) is 0 Å². The monoisotopic (exact) mass is 265 g/mol. The molecule has 1 aliphatic rings. The molecule has 0 aliphatic heterocycles. The number of hydrogen-bond donors (Lipinski definition) is 0. The summed E-state index contributed by atoms with van der Waals surface area (Å²) in [7, 11) is 0.930. The first-order valence-electron chi connectivity index (χ1n) is 3.94. The molecule has 0 heterocycles. The quantitative estimate of drug-likeness (QED) is 0.407. The summed E-state index contributed by atoms with van der Waals surface area (Å²) < 4.78 is 1.35. The van der Waals surface area contributed by atoms with Gasteiger partial charge in [-0.2, -0.15) is 0 Å². The Hall–Kier alpha value is 0.817. The average Bonchev–Trinajstić information content (AvgIpc) is 2.65. The standard InChI is InChI=1S/C8H14ISi/c1-10-5-3-8-6-7(8)2-4-9/h7-8H,1-6H2/t7-,8-/m1/s1. The number of hydrogen-bond acceptors (Lipinski definition) is 0. The van der Waals surface area contributed by atoms with E-state index in [9.17, 15) is 0 Å². The zero-order valence-electron chi connectivity index (χ0n) is 6.28. The van der Waals surface area contributed by atoms with E-state index < -0.39 is 0 Å². The number of halogens is 1. The molecule has 1 fully saturated rings. The van der Waals surface area contributed by atoms with Gasteiger partial charge < -0.3 is 0 Å². The minimum Gasteiger partial charge on any atom is -0.118 e. The summed E-state index contributed by atoms with van der Waals surface area (Å²) in [5.74, 6) is 2.21. The van der Waals surface area contributed by atoms with Crippen molar-refractivity contribution in [1.82, 2.24) is 0 Å². The topological polar surface area (TPSA) is 0 Å². The molecule has 0 nitrogen and oxygen atoms in total. The van der Waals surface area contributed by atoms with Gasteiger partial charge in [-0.1, -0.05) is 22.6 Å². The molecule has 0 amide bonds. The fourth-order valence-corrected chi connectivity index (χ4v) is 2.82. The van der Waals surface area contributed by atoms with Crippen LogP contribution in [0.2, 0.25) is 6.04 Å². The minimum absolute atomic E-state index is 0.930. The Morgan fingerprint density at radius 2 is 2.10 bits per heavy atom. The van der Waals surface area contributed by atoms with Crippen molar-refractivity contribution in [2.45, 2.75) is 25.3 Å². The molecule has 0 unspecified atom stereocenters. The van der Waals surface area contributed by atoms with Crippen LogP contribution in [-0.2, 0) is 0 Å². The van der Waals surface area contributed by atoms with E-state index >= 15 is 0 Å². The van der Waals surface area contributed by atoms with Gasteiger partial charge in [-0.05, 0) is 41.6 Å². The maximum Gasteiger partial charge on any atom is 0.0111 e. The van der Waals surface area contributed by atoms with Gasteiger partial charge in [0.1, 0.15) is 0 Å². The van der Waals surface area contributed by atoms with Crippen molar-refractivity contribution in [3.63, 3.8) is 0 Å². The molecule has 0 bridgehead atoms. The van der Waals surface area contributed by atoms with Crippen molar-refractivity contribution in [3.05, 3.63) is 0 Å². The summed E-state index contributed by atoms with van der Waals surface area (Å²) in [6.45, 7) is 0. The largest absolute Gasteiger partial charge is 0.118 e. The van der Waals surface area contributed by atoms with Gasteiger partial charge >= 0.3 is 0 Å². The van der Waals surface area contributed by atoms with Crippen LogP contribution in [0.25, 0.3) is 0 Å². The van der Waals surface area contributed by atoms with Gasteiger partial charge in [-0.25, -0.2) is 0 Å². The molecule has 1 saturated carbocycles. The predicted octanol–water partition coefficient (Wildman–Crippen LogP) is 2.39. The lowest BCUT2D eigenvalue weighted by atomic mass is 10.2. The molecule has 0 aromatic rings. The van der Waals surface area contributed by atoms with Gasteiger partial charge in [-0.3, -0.25) is 0 Å². The molecular weight excluding hydrogens is 251 g/mol. The third kappa shape index (κ3) is 2.82. The maximum atomic E-state index is 3.88. The van der Waals surface area contributed by atoms with Crippen molar-refractivity contribution in [2.24, 2.45) is 11.8 Å². The minimum atomic E-state index is 0.930. The Kier molecular flexibility index (Phi) is 4.14. The van der Waals surface area contributed by atoms with Gasteiger partial charge in [0.25, 0.3) is 0 Å². The highest BCUT2D eigenvalue weighted by molar-refractivity contribution is 14.1. The zero-order chi connectivity index (χ0) is 7.40. The van der Waals surface area contributed by atoms with Crippen LogP contribution in [0.1, 0.15) is 19.3 Å². The van der Waals surface area contributed by atoms with Crippen molar-refractivity contribution in [1.29, 1.82) is 0 Å². The molecule has 1 aliphatic carbocycles. The van der Waals surface area contributed by atoms with E-state index in [4.69, 9.17) is 0 Å². The Bertz CT molecular complexity index is 114. The molecule has 0 saturated heterocycles. The summed E-state index contributed by atoms with van der Waals surface area (Å²) in [6.07, 6.45) is 8.33. The van der Waals surface area contributed by atoms with Gasteiger partial charge in [0, 0.05) is 9.13 Å². The van der Waals surface area contributed by atoms with E-state index in [0.29, 0.717) is 0 Å². The molecule has 2 atom stereocenters. The van der Waals surface area contributed by atoms with Gasteiger partial charge in [0.15, 0.2) is 0 Å². The van der Waals surface area contributed by atoms with Crippen LogP contribution in [0, 0.1) is 11.8 Å². The fourth-order valence-electron chi connectivity index (χ4n) is 1.45. The molecule has 2 heteroatoms. The molecule has 1 radical (unpaired) electrons. The third-order valence-electron chi connectivity index (χ3n) is 2.24. The van der Waals surface area contributed by atoms with Crippen LogP contribution in [0.3, 0.4) is 0 Å². The smallest absolute Gasteiger partial charge is 0.0111 e. The summed E-state index contributed by atoms with van der Waals surface area (Å²) in [6, 6.07) is 1.38. The lowest BCUT2D eigenvalue weighted by molar-refractivity contribution is 0.670. The van der Waals surface area contributed by atoms with Gasteiger partial charge in [-0.15, -0.1) is 6.17 Å². The Balaban J connectivity index is 1.96. The number of alkyl halides is 1. The fraction of sp³-hybridized carbons (Fsp3) is 0.875. The van der Waals surface area contributed by atoms with Crippen molar-refractivity contribution in [3.8, 4) is 0 Å². The predicted molar refractivity (Wildman–Crippen MR) is 57.4 cm³/mol. The van der Waals surface area contributed by atoms with Crippen molar-refractivity contribution >= 4 is 37.9 Å². The van der Waals surface area contributed by atoms with Gasteiger partial charge in [0.2, 0.25) is 0 Å². The van der Waals surface area contributed by atoms with Crippen molar-refractivity contribution < 1.29 is 0 Å². The molecule has 0 N–H and O–H groups in total. The van der Waals surface area contributed by atoms with E-state index in [-0.39, 0.29) is 0 Å². The normalized spacial score (nSPS) is 30.1. The highest BCUT2D eigenvalue weighted by Gasteiger charge is 2.34. The van der Waals surface area contributed by atoms with Gasteiger partial charge in [0.05, 0.1) is 0 Å². The molecule has 1 rings (SSSR count). The van der Waals surface area contributed by atoms with Crippen LogP contribution in [0.5, 0.6) is 0 Å². The maximum absolute atomic E-state index is 3.88. The van der Waals surface area contributed by atoms with Crippen LogP contribution >= 0.6 is 22.6 Å². The van der Waals surface area contributed by atoms with Crippen LogP contribution in [-0.4, -0.2) is 19.7 Å². The first kappa shape index (κ1) is 8.91. The van der Waals surface area contributed by atoms with E-state index in [1.165, 1.54) is 29.7 Å². The van der Waals surface area contributed by atoms with E-state index in [0.717, 1.165) is 21.0 Å². The van der Waals surface area contributed by atoms with Crippen molar-refractivity contribution in [2.75, 3.05) is 4.43 Å². The summed E-state index contributed by atoms with van der Waals surface area (Å²) in [5, 5.41) is 0. The zero-order valence-corrected chi connectivity index (χ0v) is 9.43. The molecule has 10 heavy (non-hydrogen) atoms. The first-order valence-corrected chi connectivity index (χ1v) is 6.88. The summed E-state index contributed by atoms with van der Waals surface area (Å²) >= 11 is 2.48. The Labute approximate surface area is 79.4 Å².